The molecular formula is C15H19N3O. The lowest BCUT2D eigenvalue weighted by Gasteiger charge is -2.10. The molecule has 0 saturated carbocycles. The first-order chi connectivity index (χ1) is 9.45. The molecule has 1 aliphatic heterocycles. The first-order valence-electron chi connectivity index (χ1n) is 6.48. The van der Waals surface area contributed by atoms with E-state index in [-0.39, 0.29) is 0 Å². The number of hydrogen-bond acceptors (Lipinski definition) is 4. The number of rotatable bonds is 1. The van der Waals surface area contributed by atoms with Crippen molar-refractivity contribution in [2.75, 3.05) is 13.7 Å². The lowest BCUT2D eigenvalue weighted by atomic mass is 9.96. The van der Waals surface area contributed by atoms with Crippen LogP contribution in [0.2, 0.25) is 0 Å². The minimum atomic E-state index is 0.717. The van der Waals surface area contributed by atoms with Gasteiger partial charge in [0.25, 0.3) is 0 Å². The van der Waals surface area contributed by atoms with E-state index in [0.717, 1.165) is 25.1 Å². The Kier molecular flexibility index (Phi) is 5.01. The summed E-state index contributed by atoms with van der Waals surface area (Å²) in [5, 5.41) is 0. The van der Waals surface area contributed by atoms with Crippen molar-refractivity contribution < 1.29 is 4.74 Å². The second-order valence-corrected chi connectivity index (χ2v) is 4.19. The van der Waals surface area contributed by atoms with E-state index in [2.05, 4.69) is 33.9 Å². The third-order valence-electron chi connectivity index (χ3n) is 3.10. The van der Waals surface area contributed by atoms with E-state index < -0.39 is 0 Å². The molecule has 0 fully saturated rings. The van der Waals surface area contributed by atoms with Gasteiger partial charge in [-0.1, -0.05) is 18.2 Å². The van der Waals surface area contributed by atoms with Gasteiger partial charge in [0.1, 0.15) is 6.33 Å². The van der Waals surface area contributed by atoms with Crippen LogP contribution in [-0.2, 0) is 17.8 Å². The summed E-state index contributed by atoms with van der Waals surface area (Å²) in [4.78, 5) is 8.30. The molecule has 0 unspecified atom stereocenters. The van der Waals surface area contributed by atoms with E-state index in [1.165, 1.54) is 23.7 Å². The van der Waals surface area contributed by atoms with E-state index >= 15 is 0 Å². The molecule has 2 heterocycles. The van der Waals surface area contributed by atoms with E-state index in [9.17, 15) is 0 Å². The maximum atomic E-state index is 5.58. The third-order valence-corrected chi connectivity index (χ3v) is 3.10. The average molecular weight is 257 g/mol. The quantitative estimate of drug-likeness (QED) is 0.850. The Labute approximate surface area is 113 Å². The predicted molar refractivity (Wildman–Crippen MR) is 75.6 cm³/mol. The zero-order valence-electron chi connectivity index (χ0n) is 11.2. The van der Waals surface area contributed by atoms with Gasteiger partial charge in [0.2, 0.25) is 0 Å². The van der Waals surface area contributed by atoms with Gasteiger partial charge in [-0.25, -0.2) is 9.97 Å². The molecule has 1 aromatic heterocycles. The summed E-state index contributed by atoms with van der Waals surface area (Å²) in [5.41, 5.74) is 9.39. The van der Waals surface area contributed by atoms with Crippen molar-refractivity contribution in [1.29, 1.82) is 0 Å². The highest BCUT2D eigenvalue weighted by molar-refractivity contribution is 5.65. The van der Waals surface area contributed by atoms with Crippen molar-refractivity contribution in [2.45, 2.75) is 19.4 Å². The maximum absolute atomic E-state index is 5.58. The fraction of sp³-hybridized carbons (Fsp3) is 0.333. The fourth-order valence-corrected chi connectivity index (χ4v) is 2.29. The second kappa shape index (κ2) is 6.97. The molecule has 0 spiro atoms. The van der Waals surface area contributed by atoms with Crippen molar-refractivity contribution in [1.82, 2.24) is 9.97 Å². The molecule has 0 atom stereocenters. The largest absolute Gasteiger partial charge is 0.377 e. The Morgan fingerprint density at radius 2 is 2.11 bits per heavy atom. The Bertz CT molecular complexity index is 514. The van der Waals surface area contributed by atoms with Crippen LogP contribution in [0.25, 0.3) is 11.3 Å². The molecule has 0 aliphatic carbocycles. The van der Waals surface area contributed by atoms with Crippen LogP contribution in [0.15, 0.2) is 36.8 Å². The summed E-state index contributed by atoms with van der Waals surface area (Å²) in [6, 6.07) is 8.31. The van der Waals surface area contributed by atoms with E-state index in [4.69, 9.17) is 4.74 Å². The summed E-state index contributed by atoms with van der Waals surface area (Å²) < 4.78 is 5.58. The normalized spacial score (nSPS) is 13.8. The van der Waals surface area contributed by atoms with Gasteiger partial charge in [-0.3, -0.25) is 0 Å². The zero-order chi connectivity index (χ0) is 13.5. The lowest BCUT2D eigenvalue weighted by molar-refractivity contribution is 0.125. The SMILES string of the molecule is CN.c1cc2c(c(-c3ccncn3)c1)CCCOC2. The van der Waals surface area contributed by atoms with E-state index in [0.29, 0.717) is 6.61 Å². The fourth-order valence-electron chi connectivity index (χ4n) is 2.29. The minimum Gasteiger partial charge on any atom is -0.377 e. The number of nitrogens with zero attached hydrogens (tertiary/aromatic N) is 2. The molecule has 0 saturated heterocycles. The van der Waals surface area contributed by atoms with Gasteiger partial charge in [0.15, 0.2) is 0 Å². The first kappa shape index (κ1) is 13.6. The van der Waals surface area contributed by atoms with E-state index in [1.807, 2.05) is 6.07 Å². The van der Waals surface area contributed by atoms with Gasteiger partial charge < -0.3 is 10.5 Å². The number of nitrogens with two attached hydrogens (primary N) is 1. The number of hydrogen-bond donors (Lipinski definition) is 1. The number of benzene rings is 1. The smallest absolute Gasteiger partial charge is 0.116 e. The molecule has 0 bridgehead atoms. The molecule has 4 nitrogen and oxygen atoms in total. The predicted octanol–water partition coefficient (Wildman–Crippen LogP) is 2.18. The summed E-state index contributed by atoms with van der Waals surface area (Å²) in [6.45, 7) is 1.56. The van der Waals surface area contributed by atoms with Gasteiger partial charge in [-0.05, 0) is 37.1 Å². The molecule has 19 heavy (non-hydrogen) atoms. The molecule has 0 amide bonds. The van der Waals surface area contributed by atoms with Crippen LogP contribution in [0.1, 0.15) is 17.5 Å². The average Bonchev–Trinajstić information content (AvgIpc) is 2.75. The first-order valence-corrected chi connectivity index (χ1v) is 6.48. The van der Waals surface area contributed by atoms with Gasteiger partial charge >= 0.3 is 0 Å². The molecule has 1 aromatic carbocycles. The summed E-state index contributed by atoms with van der Waals surface area (Å²) in [6.07, 6.45) is 5.53. The summed E-state index contributed by atoms with van der Waals surface area (Å²) in [5.74, 6) is 0. The van der Waals surface area contributed by atoms with Crippen LogP contribution in [0.5, 0.6) is 0 Å². The van der Waals surface area contributed by atoms with Gasteiger partial charge in [-0.15, -0.1) is 0 Å². The van der Waals surface area contributed by atoms with Crippen LogP contribution in [0.4, 0.5) is 0 Å². The van der Waals surface area contributed by atoms with Crippen LogP contribution >= 0.6 is 0 Å². The molecule has 4 heteroatoms. The van der Waals surface area contributed by atoms with Crippen LogP contribution in [-0.4, -0.2) is 23.6 Å². The monoisotopic (exact) mass is 257 g/mol. The van der Waals surface area contributed by atoms with Gasteiger partial charge in [-0.2, -0.15) is 0 Å². The highest BCUT2D eigenvalue weighted by Crippen LogP contribution is 2.27. The topological polar surface area (TPSA) is 61.0 Å². The second-order valence-electron chi connectivity index (χ2n) is 4.19. The number of aromatic nitrogens is 2. The number of ether oxygens (including phenoxy) is 1. The van der Waals surface area contributed by atoms with Crippen LogP contribution < -0.4 is 5.73 Å². The van der Waals surface area contributed by atoms with Crippen LogP contribution in [0, 0.1) is 0 Å². The van der Waals surface area contributed by atoms with Crippen molar-refractivity contribution in [3.05, 3.63) is 47.9 Å². The Morgan fingerprint density at radius 1 is 1.21 bits per heavy atom. The lowest BCUT2D eigenvalue weighted by Crippen LogP contribution is -1.96. The third kappa shape index (κ3) is 3.16. The van der Waals surface area contributed by atoms with Crippen molar-refractivity contribution in [2.24, 2.45) is 5.73 Å². The highest BCUT2D eigenvalue weighted by Gasteiger charge is 2.13. The van der Waals surface area contributed by atoms with Crippen LogP contribution in [0.3, 0.4) is 0 Å². The summed E-state index contributed by atoms with van der Waals surface area (Å²) >= 11 is 0. The van der Waals surface area contributed by atoms with E-state index in [1.54, 1.807) is 12.5 Å². The molecular weight excluding hydrogens is 238 g/mol. The van der Waals surface area contributed by atoms with Gasteiger partial charge in [0.05, 0.1) is 12.3 Å². The van der Waals surface area contributed by atoms with Crippen molar-refractivity contribution >= 4 is 0 Å². The Balaban J connectivity index is 0.000000637. The standard InChI is InChI=1S/C14H14N2O.CH5N/c1-3-11-9-17-8-2-5-12(11)13(4-1)14-6-7-15-10-16-14;1-2/h1,3-4,6-7,10H,2,5,8-9H2;2H2,1H3. The molecule has 2 N–H and O–H groups in total. The Hall–Kier alpha value is -1.78. The molecule has 0 radical (unpaired) electrons. The van der Waals surface area contributed by atoms with Crippen molar-refractivity contribution in [3.63, 3.8) is 0 Å². The molecule has 3 rings (SSSR count). The molecule has 100 valence electrons. The zero-order valence-corrected chi connectivity index (χ0v) is 11.2. The molecule has 2 aromatic rings. The summed E-state index contributed by atoms with van der Waals surface area (Å²) in [7, 11) is 1.50. The Morgan fingerprint density at radius 3 is 2.89 bits per heavy atom. The maximum Gasteiger partial charge on any atom is 0.116 e. The van der Waals surface area contributed by atoms with Crippen molar-refractivity contribution in [3.8, 4) is 11.3 Å². The highest BCUT2D eigenvalue weighted by atomic mass is 16.5. The minimum absolute atomic E-state index is 0.717. The molecule has 1 aliphatic rings. The number of fused-ring (bicyclic) bond motifs is 1. The van der Waals surface area contributed by atoms with Gasteiger partial charge in [0, 0.05) is 18.4 Å².